The van der Waals surface area contributed by atoms with Crippen molar-refractivity contribution in [2.75, 3.05) is 20.8 Å². The van der Waals surface area contributed by atoms with Crippen LogP contribution in [-0.2, 0) is 18.9 Å². The monoisotopic (exact) mass is 530 g/mol. The second-order valence-electron chi connectivity index (χ2n) is 11.4. The van der Waals surface area contributed by atoms with Gasteiger partial charge in [-0.3, -0.25) is 0 Å². The van der Waals surface area contributed by atoms with Crippen LogP contribution in [0, 0.1) is 17.3 Å². The summed E-state index contributed by atoms with van der Waals surface area (Å²) in [7, 11) is 3.00. The number of fused-ring (bicyclic) bond motifs is 2. The molecule has 2 fully saturated rings. The molecule has 37 heavy (non-hydrogen) atoms. The third-order valence-corrected chi connectivity index (χ3v) is 8.51. The molecule has 0 aromatic heterocycles. The molecule has 2 bridgehead atoms. The van der Waals surface area contributed by atoms with Gasteiger partial charge >= 0.3 is 0 Å². The summed E-state index contributed by atoms with van der Waals surface area (Å²) in [6.45, 7) is 13.1. The van der Waals surface area contributed by atoms with E-state index in [1.807, 2.05) is 26.8 Å². The Kier molecular flexibility index (Phi) is 11.6. The first-order chi connectivity index (χ1) is 17.2. The number of ether oxygens (including phenoxy) is 4. The van der Waals surface area contributed by atoms with Gasteiger partial charge < -0.3 is 44.5 Å². The maximum absolute atomic E-state index is 11.7. The molecule has 10 unspecified atom stereocenters. The molecule has 2 saturated heterocycles. The van der Waals surface area contributed by atoms with E-state index in [0.717, 1.165) is 12.0 Å². The highest BCUT2D eigenvalue weighted by Crippen LogP contribution is 2.46. The zero-order valence-electron chi connectivity index (χ0n) is 23.6. The largest absolute Gasteiger partial charge is 0.488 e. The zero-order chi connectivity index (χ0) is 28.1. The Balaban J connectivity index is 2.52. The van der Waals surface area contributed by atoms with Crippen LogP contribution in [0.4, 0.5) is 0 Å². The van der Waals surface area contributed by atoms with Gasteiger partial charge in [-0.2, -0.15) is 0 Å². The van der Waals surface area contributed by atoms with Crippen molar-refractivity contribution in [3.63, 3.8) is 0 Å². The van der Waals surface area contributed by atoms with Crippen molar-refractivity contribution < 1.29 is 44.5 Å². The highest BCUT2D eigenvalue weighted by Gasteiger charge is 2.60. The summed E-state index contributed by atoms with van der Waals surface area (Å²) in [5.74, 6) is -2.30. The summed E-state index contributed by atoms with van der Waals surface area (Å²) in [5.41, 5.74) is -0.443. The van der Waals surface area contributed by atoms with Crippen LogP contribution in [0.3, 0.4) is 0 Å². The van der Waals surface area contributed by atoms with Gasteiger partial charge in [-0.05, 0) is 31.3 Å². The van der Waals surface area contributed by atoms with E-state index in [2.05, 4.69) is 6.58 Å². The molecule has 0 spiro atoms. The van der Waals surface area contributed by atoms with Crippen molar-refractivity contribution in [1.82, 2.24) is 0 Å². The molecule has 0 aromatic rings. The van der Waals surface area contributed by atoms with Crippen molar-refractivity contribution in [3.05, 3.63) is 24.0 Å². The third kappa shape index (κ3) is 7.13. The zero-order valence-corrected chi connectivity index (χ0v) is 23.6. The maximum Gasteiger partial charge on any atom is 0.202 e. The molecule has 0 amide bonds. The molecule has 2 aliphatic rings. The molecule has 0 aromatic carbocycles. The molecule has 10 atom stereocenters. The van der Waals surface area contributed by atoms with Gasteiger partial charge in [-0.25, -0.2) is 0 Å². The van der Waals surface area contributed by atoms with E-state index in [9.17, 15) is 25.5 Å². The number of hydrogen-bond donors (Lipinski definition) is 5. The first-order valence-corrected chi connectivity index (χ1v) is 13.4. The Bertz CT molecular complexity index is 765. The molecule has 216 valence electrons. The summed E-state index contributed by atoms with van der Waals surface area (Å²) in [6, 6.07) is 0. The summed E-state index contributed by atoms with van der Waals surface area (Å²) in [4.78, 5) is 0. The van der Waals surface area contributed by atoms with Gasteiger partial charge in [0.25, 0.3) is 0 Å². The van der Waals surface area contributed by atoms with Crippen LogP contribution >= 0.6 is 0 Å². The summed E-state index contributed by atoms with van der Waals surface area (Å²) in [5, 5.41) is 55.0. The van der Waals surface area contributed by atoms with Crippen molar-refractivity contribution in [2.45, 2.75) is 115 Å². The lowest BCUT2D eigenvalue weighted by Crippen LogP contribution is -2.68. The number of hydrogen-bond acceptors (Lipinski definition) is 9. The summed E-state index contributed by atoms with van der Waals surface area (Å²) in [6.07, 6.45) is -1.99. The van der Waals surface area contributed by atoms with E-state index >= 15 is 0 Å². The normalized spacial score (nSPS) is 41.0. The fraction of sp³-hybridized carbons (Fsp3) is 0.857. The van der Waals surface area contributed by atoms with Crippen LogP contribution in [0.15, 0.2) is 24.0 Å². The van der Waals surface area contributed by atoms with E-state index in [1.54, 1.807) is 13.8 Å². The number of methoxy groups -OCH3 is 2. The van der Waals surface area contributed by atoms with Crippen LogP contribution in [-0.4, -0.2) is 94.9 Å². The fourth-order valence-corrected chi connectivity index (χ4v) is 5.44. The number of aliphatic hydroxyl groups is 5. The lowest BCUT2D eigenvalue weighted by molar-refractivity contribution is -0.379. The number of aliphatic hydroxyl groups excluding tert-OH is 4. The van der Waals surface area contributed by atoms with Crippen LogP contribution in [0.25, 0.3) is 0 Å². The van der Waals surface area contributed by atoms with E-state index in [4.69, 9.17) is 18.9 Å². The Labute approximate surface area is 222 Å². The first kappa shape index (κ1) is 32.2. The van der Waals surface area contributed by atoms with Gasteiger partial charge in [-0.15, -0.1) is 0 Å². The van der Waals surface area contributed by atoms with Gasteiger partial charge in [-0.1, -0.05) is 40.3 Å². The van der Waals surface area contributed by atoms with Gasteiger partial charge in [0, 0.05) is 51.4 Å². The van der Waals surface area contributed by atoms with Gasteiger partial charge in [0.1, 0.15) is 24.1 Å². The van der Waals surface area contributed by atoms with Crippen LogP contribution in [0.5, 0.6) is 0 Å². The van der Waals surface area contributed by atoms with E-state index in [0.29, 0.717) is 19.3 Å². The molecule has 0 aliphatic carbocycles. The molecular formula is C28H50O9. The lowest BCUT2D eigenvalue weighted by Gasteiger charge is -2.54. The Hall–Kier alpha value is -1.04. The van der Waals surface area contributed by atoms with Gasteiger partial charge in [0.15, 0.2) is 0 Å². The first-order valence-electron chi connectivity index (χ1n) is 13.4. The maximum atomic E-state index is 11.7. The fourth-order valence-electron chi connectivity index (χ4n) is 5.44. The second kappa shape index (κ2) is 13.3. The molecule has 9 heteroatoms. The SMILES string of the molecule is C=C1OC(C(C)=CC(CC)CO)CC(OC)CC(O)C(C)(C)C2(O)OC(CC(C)C1O)CC(OC)C2O. The third-order valence-electron chi connectivity index (χ3n) is 8.51. The minimum Gasteiger partial charge on any atom is -0.488 e. The summed E-state index contributed by atoms with van der Waals surface area (Å²) < 4.78 is 23.5. The van der Waals surface area contributed by atoms with E-state index in [1.165, 1.54) is 14.2 Å². The predicted molar refractivity (Wildman–Crippen MR) is 139 cm³/mol. The van der Waals surface area contributed by atoms with E-state index in [-0.39, 0.29) is 30.6 Å². The minimum atomic E-state index is -2.11. The van der Waals surface area contributed by atoms with Gasteiger partial charge in [0.05, 0.1) is 24.4 Å². The predicted octanol–water partition coefficient (Wildman–Crippen LogP) is 2.29. The van der Waals surface area contributed by atoms with Crippen LogP contribution in [0.1, 0.15) is 66.7 Å². The average molecular weight is 531 g/mol. The van der Waals surface area contributed by atoms with Crippen molar-refractivity contribution >= 4 is 0 Å². The molecule has 0 radical (unpaired) electrons. The van der Waals surface area contributed by atoms with Crippen molar-refractivity contribution in [2.24, 2.45) is 17.3 Å². The smallest absolute Gasteiger partial charge is 0.202 e. The van der Waals surface area contributed by atoms with Crippen molar-refractivity contribution in [1.29, 1.82) is 0 Å². The Morgan fingerprint density at radius 2 is 1.78 bits per heavy atom. The molecule has 2 rings (SSSR count). The highest BCUT2D eigenvalue weighted by molar-refractivity contribution is 5.11. The topological polar surface area (TPSA) is 138 Å². The quantitative estimate of drug-likeness (QED) is 0.327. The Morgan fingerprint density at radius 3 is 2.32 bits per heavy atom. The molecule has 0 saturated carbocycles. The molecule has 2 aliphatic heterocycles. The minimum absolute atomic E-state index is 0.00649. The molecule has 9 nitrogen and oxygen atoms in total. The Morgan fingerprint density at radius 1 is 1.14 bits per heavy atom. The second-order valence-corrected chi connectivity index (χ2v) is 11.4. The van der Waals surface area contributed by atoms with Crippen LogP contribution < -0.4 is 0 Å². The standard InChI is InChI=1S/C28H50O9/c1-9-19(15-29)10-16(2)22-12-20(34-7)14-24(30)27(5,6)28(33)26(32)23(35-8)13-21(37-28)11-17(3)25(31)18(4)36-22/h10,17,19-26,29-33H,4,9,11-15H2,1-3,5-8H3. The van der Waals surface area contributed by atoms with E-state index < -0.39 is 53.9 Å². The van der Waals surface area contributed by atoms with Crippen LogP contribution in [0.2, 0.25) is 0 Å². The van der Waals surface area contributed by atoms with Gasteiger partial charge in [0.2, 0.25) is 5.79 Å². The molecule has 2 heterocycles. The molecular weight excluding hydrogens is 480 g/mol. The van der Waals surface area contributed by atoms with Crippen molar-refractivity contribution in [3.8, 4) is 0 Å². The summed E-state index contributed by atoms with van der Waals surface area (Å²) >= 11 is 0. The lowest BCUT2D eigenvalue weighted by atomic mass is 9.70. The molecule has 5 N–H and O–H groups in total. The average Bonchev–Trinajstić information content (AvgIpc) is 2.86. The highest BCUT2D eigenvalue weighted by atomic mass is 16.7. The number of rotatable bonds is 6.